The van der Waals surface area contributed by atoms with E-state index in [1.807, 2.05) is 6.07 Å². The van der Waals surface area contributed by atoms with Gasteiger partial charge in [0.15, 0.2) is 0 Å². The summed E-state index contributed by atoms with van der Waals surface area (Å²) in [6.07, 6.45) is 0. The van der Waals surface area contributed by atoms with E-state index in [2.05, 4.69) is 5.10 Å². The van der Waals surface area contributed by atoms with Gasteiger partial charge in [-0.15, -0.1) is 0 Å². The molecule has 2 atom stereocenters. The van der Waals surface area contributed by atoms with Gasteiger partial charge in [0, 0.05) is 5.56 Å². The second-order valence-electron chi connectivity index (χ2n) is 7.27. The lowest BCUT2D eigenvalue weighted by molar-refractivity contribution is -0.121. The van der Waals surface area contributed by atoms with Crippen molar-refractivity contribution in [2.75, 3.05) is 9.91 Å². The maximum absolute atomic E-state index is 13.4. The van der Waals surface area contributed by atoms with Crippen molar-refractivity contribution >= 4 is 34.7 Å². The van der Waals surface area contributed by atoms with Gasteiger partial charge in [-0.2, -0.15) is 5.10 Å². The van der Waals surface area contributed by atoms with Crippen LogP contribution >= 0.6 is 0 Å². The molecule has 5 rings (SSSR count). The van der Waals surface area contributed by atoms with Crippen LogP contribution in [0.15, 0.2) is 90.0 Å². The van der Waals surface area contributed by atoms with Crippen molar-refractivity contribution in [2.45, 2.75) is 6.04 Å². The van der Waals surface area contributed by atoms with Crippen LogP contribution in [0.3, 0.4) is 0 Å². The molecule has 7 heteroatoms. The van der Waals surface area contributed by atoms with Crippen LogP contribution in [0.25, 0.3) is 0 Å². The number of hydrazone groups is 1. The molecule has 1 fully saturated rings. The lowest BCUT2D eigenvalue weighted by Crippen LogP contribution is -2.39. The zero-order valence-electron chi connectivity index (χ0n) is 16.2. The predicted octanol–water partition coefficient (Wildman–Crippen LogP) is 3.44. The van der Waals surface area contributed by atoms with Gasteiger partial charge in [0.25, 0.3) is 5.91 Å². The van der Waals surface area contributed by atoms with Crippen molar-refractivity contribution < 1.29 is 18.8 Å². The second kappa shape index (κ2) is 7.28. The molecule has 2 aliphatic heterocycles. The summed E-state index contributed by atoms with van der Waals surface area (Å²) < 4.78 is 13.4. The van der Waals surface area contributed by atoms with E-state index in [0.717, 1.165) is 4.90 Å². The Morgan fingerprint density at radius 2 is 1.39 bits per heavy atom. The summed E-state index contributed by atoms with van der Waals surface area (Å²) in [6, 6.07) is 21.6. The Bertz CT molecular complexity index is 1210. The standard InChI is InChI=1S/C24H16FN3O3/c25-16-11-13-17(14-12-16)27-23(30)19-20(22(29)15-7-3-1-4-8-15)26-28(21(19)24(27)31)18-9-5-2-6-10-18/h1-14,19,21H. The van der Waals surface area contributed by atoms with E-state index in [4.69, 9.17) is 0 Å². The van der Waals surface area contributed by atoms with Crippen molar-refractivity contribution in [1.82, 2.24) is 0 Å². The molecule has 3 aromatic rings. The Balaban J connectivity index is 1.61. The van der Waals surface area contributed by atoms with Crippen LogP contribution in [0.2, 0.25) is 0 Å². The fraction of sp³-hybridized carbons (Fsp3) is 0.0833. The first-order chi connectivity index (χ1) is 15.1. The summed E-state index contributed by atoms with van der Waals surface area (Å²) in [5, 5.41) is 5.87. The lowest BCUT2D eigenvalue weighted by Gasteiger charge is -2.22. The number of benzene rings is 3. The quantitative estimate of drug-likeness (QED) is 0.485. The van der Waals surface area contributed by atoms with Gasteiger partial charge in [0.1, 0.15) is 23.5 Å². The average Bonchev–Trinajstić information content (AvgIpc) is 3.32. The second-order valence-corrected chi connectivity index (χ2v) is 7.27. The molecule has 0 bridgehead atoms. The molecule has 2 aliphatic rings. The number of hydrogen-bond acceptors (Lipinski definition) is 5. The van der Waals surface area contributed by atoms with E-state index >= 15 is 0 Å². The number of amides is 2. The number of rotatable bonds is 4. The van der Waals surface area contributed by atoms with Crippen LogP contribution < -0.4 is 9.91 Å². The third-order valence-electron chi connectivity index (χ3n) is 5.42. The van der Waals surface area contributed by atoms with Gasteiger partial charge in [0.05, 0.1) is 11.4 Å². The number of imide groups is 1. The van der Waals surface area contributed by atoms with E-state index in [1.165, 1.54) is 29.3 Å². The van der Waals surface area contributed by atoms with Crippen LogP contribution in [-0.2, 0) is 9.59 Å². The third-order valence-corrected chi connectivity index (χ3v) is 5.42. The highest BCUT2D eigenvalue weighted by Crippen LogP contribution is 2.38. The van der Waals surface area contributed by atoms with Gasteiger partial charge in [-0.25, -0.2) is 9.29 Å². The summed E-state index contributed by atoms with van der Waals surface area (Å²) in [6.45, 7) is 0. The number of Topliss-reactive ketones (excluding diaryl/α,β-unsaturated/α-hetero) is 1. The molecular weight excluding hydrogens is 397 g/mol. The molecule has 0 spiro atoms. The third kappa shape index (κ3) is 3.02. The van der Waals surface area contributed by atoms with Crippen LogP contribution in [0.1, 0.15) is 10.4 Å². The molecule has 0 radical (unpaired) electrons. The summed E-state index contributed by atoms with van der Waals surface area (Å²) >= 11 is 0. The number of carbonyl (C=O) groups excluding carboxylic acids is 3. The molecule has 0 aliphatic carbocycles. The van der Waals surface area contributed by atoms with Gasteiger partial charge >= 0.3 is 0 Å². The minimum atomic E-state index is -1.05. The molecule has 31 heavy (non-hydrogen) atoms. The number of para-hydroxylation sites is 1. The number of nitrogens with zero attached hydrogens (tertiary/aromatic N) is 3. The Kier molecular flexibility index (Phi) is 4.43. The van der Waals surface area contributed by atoms with Crippen LogP contribution in [-0.4, -0.2) is 29.4 Å². The average molecular weight is 413 g/mol. The van der Waals surface area contributed by atoms with Gasteiger partial charge in [-0.05, 0) is 36.4 Å². The maximum atomic E-state index is 13.4. The highest BCUT2D eigenvalue weighted by molar-refractivity contribution is 6.53. The normalized spacial score (nSPS) is 20.1. The van der Waals surface area contributed by atoms with Gasteiger partial charge < -0.3 is 0 Å². The molecule has 1 saturated heterocycles. The molecule has 2 unspecified atom stereocenters. The number of halogens is 1. The number of anilines is 2. The summed E-state index contributed by atoms with van der Waals surface area (Å²) in [7, 11) is 0. The van der Waals surface area contributed by atoms with Crippen molar-refractivity contribution in [1.29, 1.82) is 0 Å². The van der Waals surface area contributed by atoms with Crippen molar-refractivity contribution in [3.8, 4) is 0 Å². The van der Waals surface area contributed by atoms with E-state index in [-0.39, 0.29) is 11.4 Å². The van der Waals surface area contributed by atoms with Crippen molar-refractivity contribution in [2.24, 2.45) is 11.0 Å². The largest absolute Gasteiger partial charge is 0.287 e. The highest BCUT2D eigenvalue weighted by atomic mass is 19.1. The van der Waals surface area contributed by atoms with Crippen LogP contribution in [0.5, 0.6) is 0 Å². The predicted molar refractivity (Wildman–Crippen MR) is 113 cm³/mol. The minimum Gasteiger partial charge on any atom is -0.287 e. The van der Waals surface area contributed by atoms with E-state index in [1.54, 1.807) is 54.6 Å². The summed E-state index contributed by atoms with van der Waals surface area (Å²) in [5.74, 6) is -3.00. The lowest BCUT2D eigenvalue weighted by atomic mass is 9.92. The Labute approximate surface area is 177 Å². The summed E-state index contributed by atoms with van der Waals surface area (Å²) in [4.78, 5) is 40.9. The first-order valence-corrected chi connectivity index (χ1v) is 9.72. The molecule has 0 N–H and O–H groups in total. The fourth-order valence-corrected chi connectivity index (χ4v) is 3.98. The molecule has 6 nitrogen and oxygen atoms in total. The SMILES string of the molecule is O=C(C1=NN(c2ccccc2)C2C(=O)N(c3ccc(F)cc3)C(=O)C12)c1ccccc1. The molecule has 3 aromatic carbocycles. The first-order valence-electron chi connectivity index (χ1n) is 9.72. The molecule has 0 saturated carbocycles. The van der Waals surface area contributed by atoms with Crippen LogP contribution in [0, 0.1) is 11.7 Å². The Morgan fingerprint density at radius 1 is 0.774 bits per heavy atom. The monoisotopic (exact) mass is 413 g/mol. The molecular formula is C24H16FN3O3. The number of fused-ring (bicyclic) bond motifs is 1. The minimum absolute atomic E-state index is 0.0167. The molecule has 0 aromatic heterocycles. The van der Waals surface area contributed by atoms with Crippen molar-refractivity contribution in [3.05, 3.63) is 96.3 Å². The maximum Gasteiger partial charge on any atom is 0.259 e. The van der Waals surface area contributed by atoms with Gasteiger partial charge in [0.2, 0.25) is 11.7 Å². The van der Waals surface area contributed by atoms with Crippen LogP contribution in [0.4, 0.5) is 15.8 Å². The number of hydrogen-bond donors (Lipinski definition) is 0. The van der Waals surface area contributed by atoms with Gasteiger partial charge in [-0.3, -0.25) is 19.4 Å². The molecule has 152 valence electrons. The topological polar surface area (TPSA) is 70.1 Å². The zero-order chi connectivity index (χ0) is 21.5. The smallest absolute Gasteiger partial charge is 0.259 e. The number of carbonyl (C=O) groups is 3. The zero-order valence-corrected chi connectivity index (χ0v) is 16.2. The Hall–Kier alpha value is -4.13. The molecule has 2 heterocycles. The summed E-state index contributed by atoms with van der Waals surface area (Å²) in [5.41, 5.74) is 1.25. The molecule has 2 amide bonds. The fourth-order valence-electron chi connectivity index (χ4n) is 3.98. The van der Waals surface area contributed by atoms with E-state index < -0.39 is 35.4 Å². The van der Waals surface area contributed by atoms with Crippen molar-refractivity contribution in [3.63, 3.8) is 0 Å². The van der Waals surface area contributed by atoms with Gasteiger partial charge in [-0.1, -0.05) is 48.5 Å². The van der Waals surface area contributed by atoms with E-state index in [9.17, 15) is 18.8 Å². The number of ketones is 1. The van der Waals surface area contributed by atoms with E-state index in [0.29, 0.717) is 11.3 Å². The first kappa shape index (κ1) is 18.9. The highest BCUT2D eigenvalue weighted by Gasteiger charge is 2.58. The Morgan fingerprint density at radius 3 is 2.03 bits per heavy atom.